The van der Waals surface area contributed by atoms with Gasteiger partial charge in [0.2, 0.25) is 0 Å². The fraction of sp³-hybridized carbons (Fsp3) is 0.375. The number of furan rings is 1. The van der Waals surface area contributed by atoms with Crippen molar-refractivity contribution < 1.29 is 4.42 Å². The van der Waals surface area contributed by atoms with Gasteiger partial charge in [-0.3, -0.25) is 0 Å². The van der Waals surface area contributed by atoms with Gasteiger partial charge in [0, 0.05) is 15.8 Å². The summed E-state index contributed by atoms with van der Waals surface area (Å²) in [7, 11) is 0. The van der Waals surface area contributed by atoms with Crippen LogP contribution in [-0.4, -0.2) is 5.25 Å². The first kappa shape index (κ1) is 14.1. The van der Waals surface area contributed by atoms with Crippen LogP contribution in [0.1, 0.15) is 31.4 Å². The molecule has 106 valence electrons. The minimum absolute atomic E-state index is 0.697. The van der Waals surface area contributed by atoms with Crippen LogP contribution in [0.5, 0.6) is 0 Å². The second kappa shape index (κ2) is 6.72. The number of rotatable bonds is 5. The van der Waals surface area contributed by atoms with Gasteiger partial charge in [-0.25, -0.2) is 0 Å². The summed E-state index contributed by atoms with van der Waals surface area (Å²) in [5.74, 6) is 0.925. The molecule has 4 heteroatoms. The van der Waals surface area contributed by atoms with E-state index in [0.29, 0.717) is 6.54 Å². The molecule has 3 rings (SSSR count). The van der Waals surface area contributed by atoms with Crippen LogP contribution in [0.2, 0.25) is 0 Å². The van der Waals surface area contributed by atoms with Crippen molar-refractivity contribution in [1.29, 1.82) is 0 Å². The third-order valence-corrected chi connectivity index (χ3v) is 5.66. The zero-order chi connectivity index (χ0) is 13.8. The molecule has 1 fully saturated rings. The van der Waals surface area contributed by atoms with E-state index in [-0.39, 0.29) is 0 Å². The highest BCUT2D eigenvalue weighted by Crippen LogP contribution is 2.35. The molecule has 1 aliphatic carbocycles. The van der Waals surface area contributed by atoms with Gasteiger partial charge in [0.15, 0.2) is 0 Å². The van der Waals surface area contributed by atoms with Crippen molar-refractivity contribution in [1.82, 2.24) is 0 Å². The molecule has 0 spiro atoms. The van der Waals surface area contributed by atoms with Crippen molar-refractivity contribution >= 4 is 33.4 Å². The van der Waals surface area contributed by atoms with Crippen molar-refractivity contribution in [3.05, 3.63) is 46.8 Å². The average molecular weight is 352 g/mol. The Bertz CT molecular complexity index is 546. The largest absolute Gasteiger partial charge is 0.466 e. The molecular formula is C16H18BrNOS. The van der Waals surface area contributed by atoms with E-state index in [1.165, 1.54) is 30.6 Å². The fourth-order valence-corrected chi connectivity index (χ4v) is 4.07. The van der Waals surface area contributed by atoms with E-state index in [0.717, 1.165) is 21.2 Å². The Kier molecular flexibility index (Phi) is 4.73. The lowest BCUT2D eigenvalue weighted by molar-refractivity contribution is 0.516. The molecule has 1 aromatic carbocycles. The average Bonchev–Trinajstić information content (AvgIpc) is 3.10. The highest BCUT2D eigenvalue weighted by Gasteiger charge is 2.15. The summed E-state index contributed by atoms with van der Waals surface area (Å²) >= 11 is 5.49. The minimum atomic E-state index is 0.697. The Hall–Kier alpha value is -0.870. The molecule has 1 saturated carbocycles. The summed E-state index contributed by atoms with van der Waals surface area (Å²) in [4.78, 5) is 1.38. The highest BCUT2D eigenvalue weighted by atomic mass is 79.9. The molecule has 1 heterocycles. The SMILES string of the molecule is Brc1ccoc1CNc1ccc(SC2CCCC2)cc1. The van der Waals surface area contributed by atoms with E-state index in [2.05, 4.69) is 45.5 Å². The van der Waals surface area contributed by atoms with Gasteiger partial charge < -0.3 is 9.73 Å². The van der Waals surface area contributed by atoms with E-state index in [9.17, 15) is 0 Å². The van der Waals surface area contributed by atoms with Crippen molar-refractivity contribution in [3.63, 3.8) is 0 Å². The van der Waals surface area contributed by atoms with Gasteiger partial charge in [-0.15, -0.1) is 11.8 Å². The lowest BCUT2D eigenvalue weighted by Gasteiger charge is -2.10. The molecule has 1 aliphatic rings. The number of anilines is 1. The van der Waals surface area contributed by atoms with E-state index in [4.69, 9.17) is 4.42 Å². The molecule has 0 unspecified atom stereocenters. The van der Waals surface area contributed by atoms with Crippen molar-refractivity contribution in [2.45, 2.75) is 42.4 Å². The van der Waals surface area contributed by atoms with Crippen LogP contribution < -0.4 is 5.32 Å². The van der Waals surface area contributed by atoms with E-state index < -0.39 is 0 Å². The smallest absolute Gasteiger partial charge is 0.136 e. The fourth-order valence-electron chi connectivity index (χ4n) is 2.48. The lowest BCUT2D eigenvalue weighted by Crippen LogP contribution is -1.98. The van der Waals surface area contributed by atoms with Crippen molar-refractivity contribution in [2.75, 3.05) is 5.32 Å². The number of halogens is 1. The molecule has 0 amide bonds. The van der Waals surface area contributed by atoms with Crippen LogP contribution in [0.25, 0.3) is 0 Å². The van der Waals surface area contributed by atoms with Gasteiger partial charge >= 0.3 is 0 Å². The second-order valence-corrected chi connectivity index (χ2v) is 7.32. The molecule has 0 aliphatic heterocycles. The van der Waals surface area contributed by atoms with Crippen molar-refractivity contribution in [2.24, 2.45) is 0 Å². The van der Waals surface area contributed by atoms with Crippen LogP contribution in [0.3, 0.4) is 0 Å². The molecule has 0 radical (unpaired) electrons. The van der Waals surface area contributed by atoms with E-state index in [1.54, 1.807) is 6.26 Å². The maximum absolute atomic E-state index is 5.38. The summed E-state index contributed by atoms with van der Waals surface area (Å²) in [6, 6.07) is 10.6. The van der Waals surface area contributed by atoms with Crippen LogP contribution in [0, 0.1) is 0 Å². The zero-order valence-electron chi connectivity index (χ0n) is 11.3. The van der Waals surface area contributed by atoms with Gasteiger partial charge in [0.1, 0.15) is 5.76 Å². The molecule has 2 nitrogen and oxygen atoms in total. The van der Waals surface area contributed by atoms with Gasteiger partial charge in [-0.05, 0) is 59.1 Å². The predicted octanol–water partition coefficient (Wildman–Crippen LogP) is 5.69. The summed E-state index contributed by atoms with van der Waals surface area (Å²) in [5.41, 5.74) is 1.13. The van der Waals surface area contributed by atoms with Crippen molar-refractivity contribution in [3.8, 4) is 0 Å². The quantitative estimate of drug-likeness (QED) is 0.748. The third kappa shape index (κ3) is 3.61. The van der Waals surface area contributed by atoms with Gasteiger partial charge in [-0.2, -0.15) is 0 Å². The Labute approximate surface area is 132 Å². The van der Waals surface area contributed by atoms with E-state index >= 15 is 0 Å². The molecule has 1 N–H and O–H groups in total. The standard InChI is InChI=1S/C16H18BrNOS/c17-15-9-10-19-16(15)11-18-12-5-7-14(8-6-12)20-13-3-1-2-4-13/h5-10,13,18H,1-4,11H2. The monoisotopic (exact) mass is 351 g/mol. The maximum Gasteiger partial charge on any atom is 0.136 e. The summed E-state index contributed by atoms with van der Waals surface area (Å²) in [6.07, 6.45) is 7.24. The Morgan fingerprint density at radius 1 is 1.15 bits per heavy atom. The molecule has 0 bridgehead atoms. The van der Waals surface area contributed by atoms with Crippen LogP contribution in [0.4, 0.5) is 5.69 Å². The number of hydrogen-bond donors (Lipinski definition) is 1. The van der Waals surface area contributed by atoms with Gasteiger partial charge in [0.05, 0.1) is 17.3 Å². The summed E-state index contributed by atoms with van der Waals surface area (Å²) in [5, 5.41) is 4.20. The second-order valence-electron chi connectivity index (χ2n) is 5.09. The van der Waals surface area contributed by atoms with E-state index in [1.807, 2.05) is 17.8 Å². The first-order chi connectivity index (χ1) is 9.81. The molecule has 20 heavy (non-hydrogen) atoms. The van der Waals surface area contributed by atoms with Crippen LogP contribution >= 0.6 is 27.7 Å². The topological polar surface area (TPSA) is 25.2 Å². The minimum Gasteiger partial charge on any atom is -0.466 e. The lowest BCUT2D eigenvalue weighted by atomic mass is 10.3. The van der Waals surface area contributed by atoms with Gasteiger partial charge in [0.25, 0.3) is 0 Å². The zero-order valence-corrected chi connectivity index (χ0v) is 13.7. The third-order valence-electron chi connectivity index (χ3n) is 3.60. The summed E-state index contributed by atoms with van der Waals surface area (Å²) in [6.45, 7) is 0.697. The molecular weight excluding hydrogens is 334 g/mol. The molecule has 0 saturated heterocycles. The molecule has 2 aromatic rings. The first-order valence-corrected chi connectivity index (χ1v) is 8.71. The van der Waals surface area contributed by atoms with Crippen LogP contribution in [-0.2, 0) is 6.54 Å². The number of benzene rings is 1. The van der Waals surface area contributed by atoms with Gasteiger partial charge in [-0.1, -0.05) is 12.8 Å². The first-order valence-electron chi connectivity index (χ1n) is 7.04. The summed E-state index contributed by atoms with van der Waals surface area (Å²) < 4.78 is 6.40. The Morgan fingerprint density at radius 2 is 1.90 bits per heavy atom. The number of hydrogen-bond acceptors (Lipinski definition) is 3. The number of thioether (sulfide) groups is 1. The molecule has 1 aromatic heterocycles. The Morgan fingerprint density at radius 3 is 2.55 bits per heavy atom. The molecule has 0 atom stereocenters. The number of nitrogens with one attached hydrogen (secondary N) is 1. The maximum atomic E-state index is 5.38. The Balaban J connectivity index is 1.54. The highest BCUT2D eigenvalue weighted by molar-refractivity contribution is 9.10. The normalized spacial score (nSPS) is 15.7. The van der Waals surface area contributed by atoms with Crippen LogP contribution in [0.15, 0.2) is 50.4 Å². The predicted molar refractivity (Wildman–Crippen MR) is 88.3 cm³/mol.